The monoisotopic (exact) mass is 770 g/mol. The molecule has 55 heavy (non-hydrogen) atoms. The normalized spacial score (nSPS) is 22.9. The Hall–Kier alpha value is -4.48. The van der Waals surface area contributed by atoms with Gasteiger partial charge in [0.25, 0.3) is 0 Å². The van der Waals surface area contributed by atoms with E-state index in [2.05, 4.69) is 68.2 Å². The number of piperazine rings is 1. The molecule has 7 rings (SSSR count). The van der Waals surface area contributed by atoms with Gasteiger partial charge < -0.3 is 38.5 Å². The Bertz CT molecular complexity index is 2020. The Morgan fingerprint density at radius 1 is 1.05 bits per heavy atom. The molecule has 294 valence electrons. The standard InChI is InChI=1S/C42H54N4O8Si/c1-23-15-26-17-29-31(19-43)46-30(36(45(29)6)34(26)40(38(23)50-8)51-21-49-7)18-28-35(41-39(52-22-53-41)24(2)37(28)48)32(46)20-44-33(47)16-25-11-13-27(14-12-25)54-55(9,10)42(3,4)5/h11-15,29-32,36,48H,16-18,20-22H2,1-10H3,(H,44,47)/t29-,30-,31-,32-,36-/m0/s1. The van der Waals surface area contributed by atoms with Crippen molar-refractivity contribution in [3.8, 4) is 40.6 Å². The van der Waals surface area contributed by atoms with Crippen molar-refractivity contribution in [3.63, 3.8) is 0 Å². The largest absolute Gasteiger partial charge is 0.544 e. The summed E-state index contributed by atoms with van der Waals surface area (Å²) in [5.74, 6) is 3.10. The molecule has 12 nitrogen and oxygen atoms in total. The van der Waals surface area contributed by atoms with Gasteiger partial charge in [-0.2, -0.15) is 5.26 Å². The summed E-state index contributed by atoms with van der Waals surface area (Å²) in [4.78, 5) is 18.3. The van der Waals surface area contributed by atoms with E-state index >= 15 is 0 Å². The number of carbonyl (C=O) groups is 1. The number of rotatable bonds is 10. The van der Waals surface area contributed by atoms with E-state index in [9.17, 15) is 15.2 Å². The molecule has 5 atom stereocenters. The quantitative estimate of drug-likeness (QED) is 0.179. The number of nitrogens with zero attached hydrogens (tertiary/aromatic N) is 3. The van der Waals surface area contributed by atoms with Gasteiger partial charge in [-0.25, -0.2) is 0 Å². The minimum Gasteiger partial charge on any atom is -0.544 e. The summed E-state index contributed by atoms with van der Waals surface area (Å²) in [6.45, 7) is 15.1. The first-order chi connectivity index (χ1) is 26.1. The molecule has 0 unspecified atom stereocenters. The number of aryl methyl sites for hydroxylation is 1. The molecule has 4 aliphatic rings. The average Bonchev–Trinajstić information content (AvgIpc) is 3.62. The molecule has 0 spiro atoms. The predicted molar refractivity (Wildman–Crippen MR) is 210 cm³/mol. The number of ether oxygens (including phenoxy) is 5. The summed E-state index contributed by atoms with van der Waals surface area (Å²) in [7, 11) is 3.28. The van der Waals surface area contributed by atoms with Crippen LogP contribution >= 0.6 is 0 Å². The number of nitriles is 1. The maximum absolute atomic E-state index is 13.8. The lowest BCUT2D eigenvalue weighted by molar-refractivity contribution is -0.121. The van der Waals surface area contributed by atoms with Crippen molar-refractivity contribution >= 4 is 14.2 Å². The highest BCUT2D eigenvalue weighted by atomic mass is 28.4. The van der Waals surface area contributed by atoms with Crippen molar-refractivity contribution < 1.29 is 38.0 Å². The summed E-state index contributed by atoms with van der Waals surface area (Å²) in [6.07, 6.45) is 1.20. The molecular weight excluding hydrogens is 717 g/mol. The Balaban J connectivity index is 1.26. The SMILES string of the molecule is COCOc1c(OC)c(C)cc2c1[C@@H]1[C@@H]3Cc4c(O)c(C)c5c(c4[C@H](CNC(=O)Cc4ccc(O[Si](C)(C)C(C)(C)C)cc4)N3[C@@H](C#N)[C@H](C2)N1C)OCO5. The van der Waals surface area contributed by atoms with Gasteiger partial charge in [-0.1, -0.05) is 39.0 Å². The molecule has 0 aromatic heterocycles. The zero-order chi connectivity index (χ0) is 39.6. The molecule has 0 aliphatic carbocycles. The molecule has 1 fully saturated rings. The van der Waals surface area contributed by atoms with Gasteiger partial charge in [-0.15, -0.1) is 0 Å². The predicted octanol–water partition coefficient (Wildman–Crippen LogP) is 6.24. The summed E-state index contributed by atoms with van der Waals surface area (Å²) in [5, 5.41) is 26.1. The number of phenolic OH excluding ortho intramolecular Hbond substituents is 1. The maximum Gasteiger partial charge on any atom is 0.250 e. The van der Waals surface area contributed by atoms with Gasteiger partial charge >= 0.3 is 0 Å². The number of hydrogen-bond acceptors (Lipinski definition) is 11. The third kappa shape index (κ3) is 6.56. The zero-order valence-electron chi connectivity index (χ0n) is 33.7. The summed E-state index contributed by atoms with van der Waals surface area (Å²) >= 11 is 0. The molecule has 1 saturated heterocycles. The number of amides is 1. The second kappa shape index (κ2) is 14.5. The first-order valence-electron chi connectivity index (χ1n) is 19.0. The third-order valence-corrected chi connectivity index (χ3v) is 16.9. The van der Waals surface area contributed by atoms with E-state index in [1.165, 1.54) is 0 Å². The van der Waals surface area contributed by atoms with Crippen LogP contribution in [0.2, 0.25) is 18.1 Å². The number of phenols is 1. The number of likely N-dealkylation sites (N-methyl/N-ethyl adjacent to an activating group) is 1. The molecule has 13 heteroatoms. The fraction of sp³-hybridized carbons (Fsp3) is 0.524. The number of nitrogens with one attached hydrogen (secondary N) is 1. The number of carbonyl (C=O) groups excluding carboxylic acids is 1. The lowest BCUT2D eigenvalue weighted by Gasteiger charge is -2.60. The maximum atomic E-state index is 13.8. The van der Waals surface area contributed by atoms with Crippen LogP contribution in [0.25, 0.3) is 0 Å². The van der Waals surface area contributed by atoms with Crippen LogP contribution in [0.5, 0.6) is 34.5 Å². The highest BCUT2D eigenvalue weighted by molar-refractivity contribution is 6.74. The molecule has 4 aliphatic heterocycles. The number of methoxy groups -OCH3 is 2. The lowest BCUT2D eigenvalue weighted by atomic mass is 9.71. The van der Waals surface area contributed by atoms with Crippen LogP contribution < -0.4 is 28.7 Å². The fourth-order valence-electron chi connectivity index (χ4n) is 8.86. The van der Waals surface area contributed by atoms with E-state index in [0.717, 1.165) is 39.1 Å². The van der Waals surface area contributed by atoms with E-state index in [-0.39, 0.29) is 61.4 Å². The Morgan fingerprint density at radius 2 is 1.76 bits per heavy atom. The fourth-order valence-corrected chi connectivity index (χ4v) is 9.89. The minimum absolute atomic E-state index is 0.0199. The van der Waals surface area contributed by atoms with E-state index in [1.807, 2.05) is 38.1 Å². The van der Waals surface area contributed by atoms with Crippen LogP contribution in [0.4, 0.5) is 0 Å². The molecule has 1 amide bonds. The minimum atomic E-state index is -2.01. The second-order valence-electron chi connectivity index (χ2n) is 16.8. The summed E-state index contributed by atoms with van der Waals surface area (Å²) in [6, 6.07) is 10.8. The summed E-state index contributed by atoms with van der Waals surface area (Å²) < 4.78 is 36.1. The highest BCUT2D eigenvalue weighted by Crippen LogP contribution is 2.58. The van der Waals surface area contributed by atoms with Crippen molar-refractivity contribution in [1.82, 2.24) is 15.1 Å². The number of benzene rings is 3. The number of hydrogen-bond donors (Lipinski definition) is 2. The van der Waals surface area contributed by atoms with E-state index in [4.69, 9.17) is 28.1 Å². The van der Waals surface area contributed by atoms with Gasteiger partial charge in [0.05, 0.1) is 31.7 Å². The van der Waals surface area contributed by atoms with Crippen LogP contribution in [0, 0.1) is 25.2 Å². The van der Waals surface area contributed by atoms with Crippen molar-refractivity contribution in [2.75, 3.05) is 41.4 Å². The van der Waals surface area contributed by atoms with Crippen molar-refractivity contribution in [3.05, 3.63) is 69.3 Å². The number of fused-ring (bicyclic) bond motifs is 9. The van der Waals surface area contributed by atoms with Gasteiger partial charge in [-0.05, 0) is 80.7 Å². The topological polar surface area (TPSA) is 135 Å². The molecule has 0 radical (unpaired) electrons. The van der Waals surface area contributed by atoms with Crippen LogP contribution in [-0.2, 0) is 28.8 Å². The van der Waals surface area contributed by atoms with Crippen LogP contribution in [-0.4, -0.2) is 88.7 Å². The highest BCUT2D eigenvalue weighted by Gasteiger charge is 2.57. The molecule has 2 bridgehead atoms. The summed E-state index contributed by atoms with van der Waals surface area (Å²) in [5.41, 5.74) is 5.96. The van der Waals surface area contributed by atoms with Gasteiger partial charge in [-0.3, -0.25) is 14.6 Å². The van der Waals surface area contributed by atoms with Crippen molar-refractivity contribution in [1.29, 1.82) is 5.26 Å². The number of aromatic hydroxyl groups is 1. The van der Waals surface area contributed by atoms with Crippen LogP contribution in [0.1, 0.15) is 71.8 Å². The molecule has 3 aromatic carbocycles. The Labute approximate surface area is 325 Å². The molecular formula is C42H54N4O8Si. The Morgan fingerprint density at radius 3 is 2.42 bits per heavy atom. The van der Waals surface area contributed by atoms with Crippen LogP contribution in [0.15, 0.2) is 30.3 Å². The van der Waals surface area contributed by atoms with Gasteiger partial charge in [0.2, 0.25) is 21.0 Å². The molecule has 4 heterocycles. The van der Waals surface area contributed by atoms with Gasteiger partial charge in [0.1, 0.15) is 17.5 Å². The van der Waals surface area contributed by atoms with Crippen molar-refractivity contribution in [2.24, 2.45) is 0 Å². The van der Waals surface area contributed by atoms with Crippen LogP contribution in [0.3, 0.4) is 0 Å². The second-order valence-corrected chi connectivity index (χ2v) is 21.5. The van der Waals surface area contributed by atoms with E-state index < -0.39 is 20.4 Å². The smallest absolute Gasteiger partial charge is 0.250 e. The van der Waals surface area contributed by atoms with Gasteiger partial charge in [0.15, 0.2) is 29.8 Å². The van der Waals surface area contributed by atoms with Crippen molar-refractivity contribution in [2.45, 2.75) is 102 Å². The molecule has 2 N–H and O–H groups in total. The average molecular weight is 771 g/mol. The third-order valence-electron chi connectivity index (χ3n) is 12.6. The molecule has 3 aromatic rings. The zero-order valence-corrected chi connectivity index (χ0v) is 34.7. The molecule has 0 saturated carbocycles. The first-order valence-corrected chi connectivity index (χ1v) is 21.9. The lowest BCUT2D eigenvalue weighted by Crippen LogP contribution is -2.68. The van der Waals surface area contributed by atoms with Gasteiger partial charge in [0, 0.05) is 48.0 Å². The van der Waals surface area contributed by atoms with E-state index in [1.54, 1.807) is 14.2 Å². The van der Waals surface area contributed by atoms with E-state index in [0.29, 0.717) is 41.4 Å². The first kappa shape index (κ1) is 38.8. The Kier molecular flexibility index (Phi) is 10.3.